The third kappa shape index (κ3) is 2.19. The maximum Gasteiger partial charge on any atom is 0.331 e. The van der Waals surface area contributed by atoms with E-state index in [9.17, 15) is 9.90 Å². The molecule has 3 heteroatoms. The summed E-state index contributed by atoms with van der Waals surface area (Å²) in [6.07, 6.45) is 14.4. The van der Waals surface area contributed by atoms with Gasteiger partial charge in [0.2, 0.25) is 0 Å². The lowest BCUT2D eigenvalue weighted by Gasteiger charge is -2.59. The smallest absolute Gasteiger partial charge is 0.331 e. The SMILES string of the molecule is C[C@]12CC[C@@H]3[C@@H](CC[C@@H]4C[C@@H](O)CC[C@@]43C)C1=CC=C2C1=CC(=O)OC1. The third-order valence-corrected chi connectivity index (χ3v) is 8.69. The molecule has 6 atom stereocenters. The molecule has 0 unspecified atom stereocenters. The molecule has 1 N–H and O–H groups in total. The Bertz CT molecular complexity index is 745. The lowest BCUT2D eigenvalue weighted by molar-refractivity contribution is -0.134. The molecule has 0 saturated heterocycles. The second-order valence-corrected chi connectivity index (χ2v) is 9.77. The van der Waals surface area contributed by atoms with Crippen molar-refractivity contribution >= 4 is 5.97 Å². The molecule has 0 amide bonds. The number of rotatable bonds is 1. The van der Waals surface area contributed by atoms with Crippen LogP contribution in [0.3, 0.4) is 0 Å². The van der Waals surface area contributed by atoms with Crippen LogP contribution in [-0.4, -0.2) is 23.8 Å². The summed E-state index contributed by atoms with van der Waals surface area (Å²) in [6, 6.07) is 0. The van der Waals surface area contributed by atoms with E-state index in [0.29, 0.717) is 23.9 Å². The average Bonchev–Trinajstić information content (AvgIpc) is 3.18. The van der Waals surface area contributed by atoms with E-state index in [2.05, 4.69) is 26.0 Å². The fraction of sp³-hybridized carbons (Fsp3) is 0.696. The Morgan fingerprint density at radius 2 is 1.96 bits per heavy atom. The number of fused-ring (bicyclic) bond motifs is 5. The number of hydrogen-bond donors (Lipinski definition) is 1. The molecule has 0 aromatic carbocycles. The molecule has 0 spiro atoms. The van der Waals surface area contributed by atoms with E-state index < -0.39 is 0 Å². The summed E-state index contributed by atoms with van der Waals surface area (Å²) >= 11 is 0. The van der Waals surface area contributed by atoms with Crippen LogP contribution in [0.2, 0.25) is 0 Å². The van der Waals surface area contributed by atoms with Crippen molar-refractivity contribution in [2.24, 2.45) is 28.6 Å². The van der Waals surface area contributed by atoms with Gasteiger partial charge in [0.15, 0.2) is 0 Å². The number of cyclic esters (lactones) is 1. The summed E-state index contributed by atoms with van der Waals surface area (Å²) in [5, 5.41) is 10.2. The highest BCUT2D eigenvalue weighted by Gasteiger charge is 2.56. The Morgan fingerprint density at radius 3 is 2.73 bits per heavy atom. The Labute approximate surface area is 156 Å². The van der Waals surface area contributed by atoms with Crippen molar-refractivity contribution in [3.05, 3.63) is 34.9 Å². The molecule has 140 valence electrons. The fourth-order valence-corrected chi connectivity index (χ4v) is 7.22. The van der Waals surface area contributed by atoms with Gasteiger partial charge in [-0.15, -0.1) is 0 Å². The first-order chi connectivity index (χ1) is 12.4. The van der Waals surface area contributed by atoms with Gasteiger partial charge >= 0.3 is 5.97 Å². The molecule has 1 aliphatic heterocycles. The molecule has 3 fully saturated rings. The highest BCUT2D eigenvalue weighted by Crippen LogP contribution is 2.65. The van der Waals surface area contributed by atoms with Gasteiger partial charge in [0.25, 0.3) is 0 Å². The van der Waals surface area contributed by atoms with Gasteiger partial charge in [0.1, 0.15) is 6.61 Å². The predicted octanol–water partition coefficient (Wildman–Crippen LogP) is 4.33. The first-order valence-electron chi connectivity index (χ1n) is 10.4. The van der Waals surface area contributed by atoms with Gasteiger partial charge in [-0.1, -0.05) is 31.6 Å². The predicted molar refractivity (Wildman–Crippen MR) is 100 cm³/mol. The molecular formula is C23H30O3. The second-order valence-electron chi connectivity index (χ2n) is 9.77. The Kier molecular flexibility index (Phi) is 3.60. The van der Waals surface area contributed by atoms with Crippen molar-refractivity contribution in [2.45, 2.75) is 64.9 Å². The van der Waals surface area contributed by atoms with E-state index in [1.807, 2.05) is 0 Å². The minimum absolute atomic E-state index is 0.0794. The van der Waals surface area contributed by atoms with Crippen molar-refractivity contribution in [1.82, 2.24) is 0 Å². The van der Waals surface area contributed by atoms with Crippen molar-refractivity contribution in [3.63, 3.8) is 0 Å². The summed E-state index contributed by atoms with van der Waals surface area (Å²) in [6.45, 7) is 5.34. The monoisotopic (exact) mass is 354 g/mol. The highest BCUT2D eigenvalue weighted by molar-refractivity contribution is 5.87. The highest BCUT2D eigenvalue weighted by atomic mass is 16.5. The van der Waals surface area contributed by atoms with Crippen LogP contribution in [0.25, 0.3) is 0 Å². The van der Waals surface area contributed by atoms with Gasteiger partial charge in [-0.2, -0.15) is 0 Å². The average molecular weight is 354 g/mol. The van der Waals surface area contributed by atoms with Gasteiger partial charge in [-0.25, -0.2) is 4.79 Å². The van der Waals surface area contributed by atoms with Crippen LogP contribution >= 0.6 is 0 Å². The number of allylic oxidation sites excluding steroid dienone is 3. The van der Waals surface area contributed by atoms with E-state index in [4.69, 9.17) is 4.74 Å². The van der Waals surface area contributed by atoms with E-state index in [1.165, 1.54) is 37.7 Å². The molecule has 26 heavy (non-hydrogen) atoms. The molecular weight excluding hydrogens is 324 g/mol. The molecule has 1 heterocycles. The van der Waals surface area contributed by atoms with E-state index >= 15 is 0 Å². The zero-order valence-corrected chi connectivity index (χ0v) is 16.0. The summed E-state index contributed by atoms with van der Waals surface area (Å²) in [5.74, 6) is 1.91. The van der Waals surface area contributed by atoms with Crippen LogP contribution in [-0.2, 0) is 9.53 Å². The molecule has 0 bridgehead atoms. The topological polar surface area (TPSA) is 46.5 Å². The molecule has 0 radical (unpaired) electrons. The van der Waals surface area contributed by atoms with Crippen LogP contribution in [0.1, 0.15) is 58.8 Å². The molecule has 0 aromatic heterocycles. The first kappa shape index (κ1) is 16.8. The van der Waals surface area contributed by atoms with Crippen LogP contribution < -0.4 is 0 Å². The number of hydrogen-bond acceptors (Lipinski definition) is 3. The van der Waals surface area contributed by atoms with Crippen molar-refractivity contribution in [3.8, 4) is 0 Å². The largest absolute Gasteiger partial charge is 0.458 e. The van der Waals surface area contributed by atoms with Crippen molar-refractivity contribution < 1.29 is 14.6 Å². The third-order valence-electron chi connectivity index (χ3n) is 8.69. The summed E-state index contributed by atoms with van der Waals surface area (Å²) < 4.78 is 5.19. The molecule has 0 aromatic rings. The van der Waals surface area contributed by atoms with Crippen LogP contribution in [0.5, 0.6) is 0 Å². The summed E-state index contributed by atoms with van der Waals surface area (Å²) in [7, 11) is 0. The second kappa shape index (κ2) is 5.58. The Hall–Kier alpha value is -1.35. The molecule has 3 nitrogen and oxygen atoms in total. The summed E-state index contributed by atoms with van der Waals surface area (Å²) in [4.78, 5) is 11.6. The number of carbonyl (C=O) groups excluding carboxylic acids is 1. The maximum atomic E-state index is 11.6. The Morgan fingerprint density at radius 1 is 1.12 bits per heavy atom. The maximum absolute atomic E-state index is 11.6. The number of aliphatic hydroxyl groups is 1. The van der Waals surface area contributed by atoms with Gasteiger partial charge in [0.05, 0.1) is 6.10 Å². The van der Waals surface area contributed by atoms with E-state index in [1.54, 1.807) is 11.6 Å². The fourth-order valence-electron chi connectivity index (χ4n) is 7.22. The van der Waals surface area contributed by atoms with Crippen molar-refractivity contribution in [1.29, 1.82) is 0 Å². The Balaban J connectivity index is 1.44. The standard InChI is InChI=1S/C23H30O3/c1-22-9-7-16(24)12-15(22)3-4-17-19-6-5-18(14-11-21(25)26-13-14)23(19,2)10-8-20(17)22/h5-6,11,15-17,20,24H,3-4,7-10,12-13H2,1-2H3/t15-,16+,17+,20-,22+,23-/m1/s1. The lowest BCUT2D eigenvalue weighted by Crippen LogP contribution is -2.51. The van der Waals surface area contributed by atoms with Crippen LogP contribution in [0, 0.1) is 28.6 Å². The van der Waals surface area contributed by atoms with Gasteiger partial charge < -0.3 is 9.84 Å². The van der Waals surface area contributed by atoms with E-state index in [0.717, 1.165) is 24.3 Å². The van der Waals surface area contributed by atoms with Gasteiger partial charge in [0, 0.05) is 17.1 Å². The van der Waals surface area contributed by atoms with E-state index in [-0.39, 0.29) is 17.5 Å². The number of ether oxygens (including phenoxy) is 1. The molecule has 5 rings (SSSR count). The van der Waals surface area contributed by atoms with Gasteiger partial charge in [-0.05, 0) is 73.7 Å². The minimum atomic E-state index is -0.194. The zero-order chi connectivity index (χ0) is 18.1. The van der Waals surface area contributed by atoms with Crippen LogP contribution in [0.4, 0.5) is 0 Å². The van der Waals surface area contributed by atoms with Crippen molar-refractivity contribution in [2.75, 3.05) is 6.61 Å². The normalized spacial score (nSPS) is 47.2. The molecule has 5 aliphatic rings. The molecule has 4 aliphatic carbocycles. The quantitative estimate of drug-likeness (QED) is 0.713. The zero-order valence-electron chi connectivity index (χ0n) is 16.0. The number of carbonyl (C=O) groups is 1. The number of esters is 1. The first-order valence-corrected chi connectivity index (χ1v) is 10.4. The summed E-state index contributed by atoms with van der Waals surface area (Å²) in [5.41, 5.74) is 4.48. The lowest BCUT2D eigenvalue weighted by atomic mass is 9.46. The number of aliphatic hydroxyl groups excluding tert-OH is 1. The van der Waals surface area contributed by atoms with Gasteiger partial charge in [-0.3, -0.25) is 0 Å². The van der Waals surface area contributed by atoms with Crippen LogP contribution in [0.15, 0.2) is 34.9 Å². The molecule has 3 saturated carbocycles. The minimum Gasteiger partial charge on any atom is -0.458 e.